The number of halogens is 2. The monoisotopic (exact) mass is 524 g/mol. The van der Waals surface area contributed by atoms with Crippen LogP contribution in [0.5, 0.6) is 0 Å². The quantitative estimate of drug-likeness (QED) is 0.268. The van der Waals surface area contributed by atoms with Crippen LogP contribution in [0.2, 0.25) is 0 Å². The van der Waals surface area contributed by atoms with E-state index >= 15 is 0 Å². The standard InChI is InChI=1S/C23H29FN4O.HI/c1-2-25-22(27-16-21(29)26-15-12-18-8-4-3-5-9-18)28-17-23(13-14-23)19-10-6-7-11-20(19)24;/h3-11H,2,12-17H2,1H3,(H,26,29)(H2,25,27,28);1H. The molecule has 0 aromatic heterocycles. The van der Waals surface area contributed by atoms with Gasteiger partial charge in [-0.3, -0.25) is 4.79 Å². The van der Waals surface area contributed by atoms with Crippen molar-refractivity contribution in [3.05, 3.63) is 71.5 Å². The van der Waals surface area contributed by atoms with E-state index in [9.17, 15) is 9.18 Å². The molecule has 0 unspecified atom stereocenters. The molecule has 3 N–H and O–H groups in total. The highest BCUT2D eigenvalue weighted by molar-refractivity contribution is 14.0. The maximum absolute atomic E-state index is 14.2. The first-order chi connectivity index (χ1) is 14.1. The van der Waals surface area contributed by atoms with Crippen LogP contribution in [0.4, 0.5) is 4.39 Å². The Morgan fingerprint density at radius 1 is 1.03 bits per heavy atom. The molecule has 2 aromatic carbocycles. The van der Waals surface area contributed by atoms with E-state index in [-0.39, 0.29) is 47.7 Å². The van der Waals surface area contributed by atoms with E-state index in [1.54, 1.807) is 6.07 Å². The molecule has 1 aliphatic rings. The van der Waals surface area contributed by atoms with Crippen LogP contribution in [0.3, 0.4) is 0 Å². The smallest absolute Gasteiger partial charge is 0.241 e. The van der Waals surface area contributed by atoms with Crippen molar-refractivity contribution in [3.63, 3.8) is 0 Å². The van der Waals surface area contributed by atoms with Crippen LogP contribution in [-0.2, 0) is 16.6 Å². The van der Waals surface area contributed by atoms with Crippen molar-refractivity contribution in [2.75, 3.05) is 26.2 Å². The lowest BCUT2D eigenvalue weighted by atomic mass is 9.95. The van der Waals surface area contributed by atoms with Crippen LogP contribution in [0.15, 0.2) is 59.6 Å². The van der Waals surface area contributed by atoms with E-state index in [0.29, 0.717) is 25.6 Å². The summed E-state index contributed by atoms with van der Waals surface area (Å²) in [7, 11) is 0. The number of aliphatic imine (C=N–C) groups is 1. The van der Waals surface area contributed by atoms with Gasteiger partial charge in [0.15, 0.2) is 5.96 Å². The minimum atomic E-state index is -0.181. The maximum Gasteiger partial charge on any atom is 0.241 e. The molecule has 0 atom stereocenters. The molecule has 7 heteroatoms. The summed E-state index contributed by atoms with van der Waals surface area (Å²) in [5, 5.41) is 9.33. The number of hydrogen-bond acceptors (Lipinski definition) is 2. The molecule has 1 fully saturated rings. The van der Waals surface area contributed by atoms with Crippen molar-refractivity contribution in [2.45, 2.75) is 31.6 Å². The molecule has 1 aliphatic carbocycles. The number of amides is 1. The number of carbonyl (C=O) groups is 1. The van der Waals surface area contributed by atoms with Gasteiger partial charge in [0, 0.05) is 25.0 Å². The molecular formula is C23H30FIN4O. The van der Waals surface area contributed by atoms with Crippen LogP contribution < -0.4 is 16.0 Å². The van der Waals surface area contributed by atoms with Gasteiger partial charge < -0.3 is 16.0 Å². The molecule has 2 aromatic rings. The topological polar surface area (TPSA) is 65.5 Å². The summed E-state index contributed by atoms with van der Waals surface area (Å²) in [6.45, 7) is 3.89. The molecule has 0 radical (unpaired) electrons. The minimum absolute atomic E-state index is 0. The fourth-order valence-corrected chi connectivity index (χ4v) is 3.38. The normalized spacial score (nSPS) is 14.4. The second-order valence-corrected chi connectivity index (χ2v) is 7.39. The second-order valence-electron chi connectivity index (χ2n) is 7.39. The molecule has 30 heavy (non-hydrogen) atoms. The Morgan fingerprint density at radius 2 is 1.73 bits per heavy atom. The predicted molar refractivity (Wildman–Crippen MR) is 130 cm³/mol. The van der Waals surface area contributed by atoms with Crippen LogP contribution >= 0.6 is 24.0 Å². The molecule has 0 spiro atoms. The first-order valence-corrected chi connectivity index (χ1v) is 10.2. The van der Waals surface area contributed by atoms with E-state index < -0.39 is 0 Å². The van der Waals surface area contributed by atoms with Crippen molar-refractivity contribution >= 4 is 35.8 Å². The Hall–Kier alpha value is -2.16. The Bertz CT molecular complexity index is 840. The molecule has 1 saturated carbocycles. The number of carbonyl (C=O) groups excluding carboxylic acids is 1. The average molecular weight is 524 g/mol. The van der Waals surface area contributed by atoms with Crippen LogP contribution in [0.25, 0.3) is 0 Å². The number of nitrogens with one attached hydrogen (secondary N) is 3. The van der Waals surface area contributed by atoms with Crippen molar-refractivity contribution in [2.24, 2.45) is 4.99 Å². The third kappa shape index (κ3) is 6.97. The summed E-state index contributed by atoms with van der Waals surface area (Å²) >= 11 is 0. The molecule has 1 amide bonds. The third-order valence-electron chi connectivity index (χ3n) is 5.20. The highest BCUT2D eigenvalue weighted by atomic mass is 127. The van der Waals surface area contributed by atoms with Gasteiger partial charge in [0.05, 0.1) is 0 Å². The molecule has 0 heterocycles. The Balaban J connectivity index is 0.00000320. The number of hydrogen-bond donors (Lipinski definition) is 3. The van der Waals surface area contributed by atoms with E-state index in [1.807, 2.05) is 49.4 Å². The Labute approximate surface area is 195 Å². The highest BCUT2D eigenvalue weighted by Crippen LogP contribution is 2.48. The van der Waals surface area contributed by atoms with Crippen molar-refractivity contribution in [3.8, 4) is 0 Å². The summed E-state index contributed by atoms with van der Waals surface area (Å²) in [5.74, 6) is 0.299. The minimum Gasteiger partial charge on any atom is -0.357 e. The summed E-state index contributed by atoms with van der Waals surface area (Å²) in [5.41, 5.74) is 1.76. The van der Waals surface area contributed by atoms with Gasteiger partial charge in [0.25, 0.3) is 0 Å². The van der Waals surface area contributed by atoms with Gasteiger partial charge >= 0.3 is 0 Å². The Kier molecular flexibility index (Phi) is 9.55. The number of rotatable bonds is 9. The van der Waals surface area contributed by atoms with E-state index in [4.69, 9.17) is 0 Å². The van der Waals surface area contributed by atoms with Crippen molar-refractivity contribution in [1.82, 2.24) is 16.0 Å². The zero-order chi connectivity index (χ0) is 20.5. The zero-order valence-corrected chi connectivity index (χ0v) is 19.6. The molecule has 0 aliphatic heterocycles. The zero-order valence-electron chi connectivity index (χ0n) is 17.3. The molecular weight excluding hydrogens is 494 g/mol. The highest BCUT2D eigenvalue weighted by Gasteiger charge is 2.45. The summed E-state index contributed by atoms with van der Waals surface area (Å²) in [6, 6.07) is 17.0. The van der Waals surface area contributed by atoms with Gasteiger partial charge in [-0.15, -0.1) is 24.0 Å². The summed E-state index contributed by atoms with van der Waals surface area (Å²) in [4.78, 5) is 16.5. The molecule has 0 bridgehead atoms. The van der Waals surface area contributed by atoms with Crippen LogP contribution in [0, 0.1) is 5.82 Å². The average Bonchev–Trinajstić information content (AvgIpc) is 3.52. The largest absolute Gasteiger partial charge is 0.357 e. The van der Waals surface area contributed by atoms with Gasteiger partial charge in [-0.1, -0.05) is 48.5 Å². The predicted octanol–water partition coefficient (Wildman–Crippen LogP) is 3.39. The fraction of sp³-hybridized carbons (Fsp3) is 0.391. The van der Waals surface area contributed by atoms with Gasteiger partial charge in [-0.25, -0.2) is 9.38 Å². The van der Waals surface area contributed by atoms with Crippen LogP contribution in [0.1, 0.15) is 30.9 Å². The third-order valence-corrected chi connectivity index (χ3v) is 5.20. The lowest BCUT2D eigenvalue weighted by Gasteiger charge is -2.19. The maximum atomic E-state index is 14.2. The van der Waals surface area contributed by atoms with Gasteiger partial charge in [0.2, 0.25) is 5.91 Å². The molecule has 5 nitrogen and oxygen atoms in total. The van der Waals surface area contributed by atoms with E-state index in [1.165, 1.54) is 11.6 Å². The lowest BCUT2D eigenvalue weighted by molar-refractivity contribution is -0.119. The van der Waals surface area contributed by atoms with Crippen LogP contribution in [-0.4, -0.2) is 38.0 Å². The van der Waals surface area contributed by atoms with E-state index in [0.717, 1.165) is 24.8 Å². The first kappa shape index (κ1) is 24.1. The molecule has 0 saturated heterocycles. The molecule has 162 valence electrons. The van der Waals surface area contributed by atoms with Gasteiger partial charge in [-0.05, 0) is 43.4 Å². The summed E-state index contributed by atoms with van der Waals surface area (Å²) < 4.78 is 14.2. The lowest BCUT2D eigenvalue weighted by Crippen LogP contribution is -2.42. The number of guanidine groups is 1. The second kappa shape index (κ2) is 11.9. The summed E-state index contributed by atoms with van der Waals surface area (Å²) in [6.07, 6.45) is 2.68. The first-order valence-electron chi connectivity index (χ1n) is 10.2. The van der Waals surface area contributed by atoms with Crippen molar-refractivity contribution in [1.29, 1.82) is 0 Å². The van der Waals surface area contributed by atoms with Gasteiger partial charge in [-0.2, -0.15) is 0 Å². The SMILES string of the molecule is CCNC(=NCC(=O)NCCc1ccccc1)NCC1(c2ccccc2F)CC1.I. The fourth-order valence-electron chi connectivity index (χ4n) is 3.38. The molecule has 3 rings (SSSR count). The van der Waals surface area contributed by atoms with E-state index in [2.05, 4.69) is 20.9 Å². The van der Waals surface area contributed by atoms with Gasteiger partial charge in [0.1, 0.15) is 12.4 Å². The number of benzene rings is 2. The number of nitrogens with zero attached hydrogens (tertiary/aromatic N) is 1. The Morgan fingerprint density at radius 3 is 2.40 bits per heavy atom. The van der Waals surface area contributed by atoms with Crippen molar-refractivity contribution < 1.29 is 9.18 Å².